The molecule has 0 atom stereocenters. The molecule has 0 spiro atoms. The summed E-state index contributed by atoms with van der Waals surface area (Å²) >= 11 is 6.29. The van der Waals surface area contributed by atoms with Crippen LogP contribution in [0, 0.1) is 0 Å². The maximum Gasteiger partial charge on any atom is 0.283 e. The molecule has 5 rings (SSSR count). The van der Waals surface area contributed by atoms with Crippen LogP contribution in [0.25, 0.3) is 0 Å². The first-order valence-electron chi connectivity index (χ1n) is 11.9. The molecule has 1 aliphatic heterocycles. The Hall–Kier alpha value is -5.08. The molecule has 3 amide bonds. The van der Waals surface area contributed by atoms with Crippen molar-refractivity contribution in [3.05, 3.63) is 119 Å². The number of hydrogen-bond donors (Lipinski definition) is 2. The van der Waals surface area contributed by atoms with Gasteiger partial charge in [-0.2, -0.15) is 0 Å². The summed E-state index contributed by atoms with van der Waals surface area (Å²) in [6.45, 7) is 0. The Balaban J connectivity index is 1.30. The number of carbonyl (C=O) groups is 3. The maximum atomic E-state index is 13.2. The van der Waals surface area contributed by atoms with Gasteiger partial charge in [0.25, 0.3) is 17.7 Å². The molecule has 4 aromatic carbocycles. The number of methoxy groups -OCH3 is 1. The van der Waals surface area contributed by atoms with Crippen molar-refractivity contribution in [1.29, 1.82) is 0 Å². The van der Waals surface area contributed by atoms with Crippen molar-refractivity contribution in [3.63, 3.8) is 0 Å². The predicted molar refractivity (Wildman–Crippen MR) is 149 cm³/mol. The fourth-order valence-electron chi connectivity index (χ4n) is 3.96. The molecule has 0 bridgehead atoms. The molecule has 194 valence electrons. The SMILES string of the molecule is COc1ccccc1NC(=O)c1cccc(NC2=C(Cl)C(=O)N(c3ccc(Oc4ccccc4)cc3)C2=O)c1. The Bertz CT molecular complexity index is 1590. The van der Waals surface area contributed by atoms with Crippen molar-refractivity contribution in [2.45, 2.75) is 0 Å². The van der Waals surface area contributed by atoms with Crippen LogP contribution < -0.4 is 25.0 Å². The second kappa shape index (κ2) is 11.1. The van der Waals surface area contributed by atoms with Crippen molar-refractivity contribution in [2.24, 2.45) is 0 Å². The van der Waals surface area contributed by atoms with E-state index in [1.165, 1.54) is 7.11 Å². The first kappa shape index (κ1) is 25.6. The number of para-hydroxylation sites is 3. The molecule has 0 unspecified atom stereocenters. The second-order valence-electron chi connectivity index (χ2n) is 8.40. The molecule has 0 aliphatic carbocycles. The summed E-state index contributed by atoms with van der Waals surface area (Å²) in [5.74, 6) is 0.0678. The highest BCUT2D eigenvalue weighted by Crippen LogP contribution is 2.32. The number of halogens is 1. The third-order valence-corrected chi connectivity index (χ3v) is 6.20. The number of nitrogens with zero attached hydrogens (tertiary/aromatic N) is 1. The van der Waals surface area contributed by atoms with Crippen molar-refractivity contribution >= 4 is 46.4 Å². The fraction of sp³-hybridized carbons (Fsp3) is 0.0333. The molecular weight excluding hydrogens is 518 g/mol. The third kappa shape index (κ3) is 5.46. The monoisotopic (exact) mass is 539 g/mol. The van der Waals surface area contributed by atoms with E-state index < -0.39 is 11.8 Å². The summed E-state index contributed by atoms with van der Waals surface area (Å²) in [7, 11) is 1.52. The minimum atomic E-state index is -0.661. The Kier molecular flexibility index (Phi) is 7.29. The summed E-state index contributed by atoms with van der Waals surface area (Å²) < 4.78 is 11.1. The largest absolute Gasteiger partial charge is 0.495 e. The van der Waals surface area contributed by atoms with Crippen molar-refractivity contribution < 1.29 is 23.9 Å². The van der Waals surface area contributed by atoms with Gasteiger partial charge in [-0.3, -0.25) is 14.4 Å². The van der Waals surface area contributed by atoms with Gasteiger partial charge in [0.15, 0.2) is 0 Å². The summed E-state index contributed by atoms with van der Waals surface area (Å²) in [6.07, 6.45) is 0. The van der Waals surface area contributed by atoms with Crippen LogP contribution in [0.2, 0.25) is 0 Å². The lowest BCUT2D eigenvalue weighted by atomic mass is 10.1. The number of imide groups is 1. The van der Waals surface area contributed by atoms with Crippen LogP contribution in [0.3, 0.4) is 0 Å². The zero-order valence-electron chi connectivity index (χ0n) is 20.7. The molecule has 0 saturated carbocycles. The lowest BCUT2D eigenvalue weighted by molar-refractivity contribution is -0.120. The molecular formula is C30H22ClN3O5. The fourth-order valence-corrected chi connectivity index (χ4v) is 4.17. The van der Waals surface area contributed by atoms with Crippen LogP contribution in [0.1, 0.15) is 10.4 Å². The van der Waals surface area contributed by atoms with E-state index in [0.29, 0.717) is 39.9 Å². The number of anilines is 3. The van der Waals surface area contributed by atoms with Crippen LogP contribution in [0.15, 0.2) is 114 Å². The van der Waals surface area contributed by atoms with Gasteiger partial charge in [-0.05, 0) is 66.7 Å². The molecule has 0 radical (unpaired) electrons. The summed E-state index contributed by atoms with van der Waals surface area (Å²) in [6, 6.07) is 29.3. The number of rotatable bonds is 8. The predicted octanol–water partition coefficient (Wildman–Crippen LogP) is 6.18. The van der Waals surface area contributed by atoms with Gasteiger partial charge in [0.1, 0.15) is 28.0 Å². The zero-order chi connectivity index (χ0) is 27.4. The molecule has 0 fully saturated rings. The van der Waals surface area contributed by atoms with E-state index in [0.717, 1.165) is 4.90 Å². The first-order valence-corrected chi connectivity index (χ1v) is 12.3. The molecule has 9 heteroatoms. The Morgan fingerprint density at radius 2 is 1.49 bits per heavy atom. The van der Waals surface area contributed by atoms with Gasteiger partial charge in [-0.25, -0.2) is 4.90 Å². The highest BCUT2D eigenvalue weighted by Gasteiger charge is 2.39. The topological polar surface area (TPSA) is 97.0 Å². The molecule has 2 N–H and O–H groups in total. The quantitative estimate of drug-likeness (QED) is 0.260. The van der Waals surface area contributed by atoms with Gasteiger partial charge in [0.05, 0.1) is 18.5 Å². The van der Waals surface area contributed by atoms with Crippen LogP contribution in [0.5, 0.6) is 17.2 Å². The van der Waals surface area contributed by atoms with Gasteiger partial charge in [-0.1, -0.05) is 48.0 Å². The van der Waals surface area contributed by atoms with Crippen LogP contribution in [-0.4, -0.2) is 24.8 Å². The van der Waals surface area contributed by atoms with E-state index in [4.69, 9.17) is 21.1 Å². The number of benzene rings is 4. The van der Waals surface area contributed by atoms with E-state index in [-0.39, 0.29) is 16.6 Å². The van der Waals surface area contributed by atoms with E-state index in [2.05, 4.69) is 10.6 Å². The van der Waals surface area contributed by atoms with E-state index in [9.17, 15) is 14.4 Å². The molecule has 0 aromatic heterocycles. The molecule has 1 aliphatic rings. The van der Waals surface area contributed by atoms with E-state index in [1.807, 2.05) is 30.3 Å². The average molecular weight is 540 g/mol. The van der Waals surface area contributed by atoms with E-state index in [1.54, 1.807) is 72.8 Å². The lowest BCUT2D eigenvalue weighted by Crippen LogP contribution is -2.32. The van der Waals surface area contributed by atoms with E-state index >= 15 is 0 Å². The minimum Gasteiger partial charge on any atom is -0.495 e. The Morgan fingerprint density at radius 1 is 0.795 bits per heavy atom. The Labute approximate surface area is 229 Å². The number of hydrogen-bond acceptors (Lipinski definition) is 6. The highest BCUT2D eigenvalue weighted by molar-refractivity contribution is 6.53. The van der Waals surface area contributed by atoms with Crippen LogP contribution >= 0.6 is 11.6 Å². The molecule has 4 aromatic rings. The molecule has 39 heavy (non-hydrogen) atoms. The number of nitrogens with one attached hydrogen (secondary N) is 2. The normalized spacial score (nSPS) is 12.9. The van der Waals surface area contributed by atoms with Crippen molar-refractivity contribution in [2.75, 3.05) is 22.6 Å². The number of ether oxygens (including phenoxy) is 2. The van der Waals surface area contributed by atoms with Crippen LogP contribution in [-0.2, 0) is 9.59 Å². The van der Waals surface area contributed by atoms with Gasteiger partial charge in [0.2, 0.25) is 0 Å². The number of carbonyl (C=O) groups excluding carboxylic acids is 3. The summed E-state index contributed by atoms with van der Waals surface area (Å²) in [5, 5.41) is 5.45. The van der Waals surface area contributed by atoms with Crippen molar-refractivity contribution in [3.8, 4) is 17.2 Å². The third-order valence-electron chi connectivity index (χ3n) is 5.85. The maximum absolute atomic E-state index is 13.2. The number of amides is 3. The zero-order valence-corrected chi connectivity index (χ0v) is 21.4. The van der Waals surface area contributed by atoms with Gasteiger partial charge < -0.3 is 20.1 Å². The Morgan fingerprint density at radius 3 is 2.23 bits per heavy atom. The molecule has 8 nitrogen and oxygen atoms in total. The summed E-state index contributed by atoms with van der Waals surface area (Å²) in [4.78, 5) is 40.0. The van der Waals surface area contributed by atoms with Gasteiger partial charge >= 0.3 is 0 Å². The first-order chi connectivity index (χ1) is 18.9. The lowest BCUT2D eigenvalue weighted by Gasteiger charge is -2.16. The highest BCUT2D eigenvalue weighted by atomic mass is 35.5. The van der Waals surface area contributed by atoms with Gasteiger partial charge in [0, 0.05) is 11.3 Å². The second-order valence-corrected chi connectivity index (χ2v) is 8.78. The summed E-state index contributed by atoms with van der Waals surface area (Å²) in [5.41, 5.74) is 1.50. The molecule has 0 saturated heterocycles. The van der Waals surface area contributed by atoms with Crippen LogP contribution in [0.4, 0.5) is 17.1 Å². The smallest absolute Gasteiger partial charge is 0.283 e. The molecule has 1 heterocycles. The standard InChI is InChI=1S/C30H22ClN3O5/c1-38-25-13-6-5-12-24(25)33-28(35)19-8-7-9-20(18-19)32-27-26(31)29(36)34(30(27)37)21-14-16-23(17-15-21)39-22-10-3-2-4-11-22/h2-18,32H,1H3,(H,33,35). The minimum absolute atomic E-state index is 0.0893. The van der Waals surface area contributed by atoms with Crippen molar-refractivity contribution in [1.82, 2.24) is 0 Å². The average Bonchev–Trinajstić information content (AvgIpc) is 3.17. The van der Waals surface area contributed by atoms with Gasteiger partial charge in [-0.15, -0.1) is 0 Å².